The molecule has 272 valence electrons. The maximum absolute atomic E-state index is 13.6. The first-order chi connectivity index (χ1) is 22.0. The molecular weight excluding hydrogens is 681 g/mol. The van der Waals surface area contributed by atoms with Gasteiger partial charge < -0.3 is 24.3 Å². The fourth-order valence-corrected chi connectivity index (χ4v) is 7.12. The minimum Gasteiger partial charge on any atom is -0.364 e. The van der Waals surface area contributed by atoms with E-state index >= 15 is 0 Å². The highest BCUT2D eigenvalue weighted by atomic mass is 32.2. The van der Waals surface area contributed by atoms with E-state index < -0.39 is 79.1 Å². The lowest BCUT2D eigenvalue weighted by atomic mass is 10.00. The monoisotopic (exact) mass is 727 g/mol. The van der Waals surface area contributed by atoms with Crippen LogP contribution in [0.25, 0.3) is 11.0 Å². The minimum absolute atomic E-state index is 0.00855. The number of hydrogen-bond donors (Lipinski definition) is 2. The van der Waals surface area contributed by atoms with E-state index in [4.69, 9.17) is 14.5 Å². The van der Waals surface area contributed by atoms with E-state index in [9.17, 15) is 35.3 Å². The minimum atomic E-state index is -4.64. The molecule has 0 unspecified atom stereocenters. The van der Waals surface area contributed by atoms with Crippen LogP contribution in [0.4, 0.5) is 31.1 Å². The van der Waals surface area contributed by atoms with Gasteiger partial charge in [0.05, 0.1) is 45.5 Å². The number of carbonyl (C=O) groups is 1. The smallest absolute Gasteiger partial charge is 0.364 e. The molecule has 4 rings (SSSR count). The highest BCUT2D eigenvalue weighted by Gasteiger charge is 2.51. The largest absolute Gasteiger partial charge is 0.414 e. The van der Waals surface area contributed by atoms with E-state index in [0.717, 1.165) is 25.8 Å². The number of benzene rings is 1. The van der Waals surface area contributed by atoms with Crippen LogP contribution in [0, 0.1) is 5.92 Å². The molecule has 2 aromatic rings. The number of halogens is 6. The molecule has 1 aliphatic carbocycles. The molecule has 2 N–H and O–H groups in total. The Balaban J connectivity index is 1.78. The predicted molar refractivity (Wildman–Crippen MR) is 174 cm³/mol. The third kappa shape index (κ3) is 9.51. The number of nitrogens with zero attached hydrogens (tertiary/aromatic N) is 3. The quantitative estimate of drug-likeness (QED) is 0.122. The van der Waals surface area contributed by atoms with Crippen LogP contribution in [0.3, 0.4) is 0 Å². The third-order valence-corrected chi connectivity index (χ3v) is 11.8. The van der Waals surface area contributed by atoms with E-state index in [2.05, 4.69) is 24.4 Å². The van der Waals surface area contributed by atoms with Crippen molar-refractivity contribution in [3.63, 3.8) is 0 Å². The van der Waals surface area contributed by atoms with Gasteiger partial charge in [0.2, 0.25) is 0 Å². The van der Waals surface area contributed by atoms with Crippen LogP contribution < -0.4 is 10.0 Å². The number of fused-ring (bicyclic) bond motifs is 1. The van der Waals surface area contributed by atoms with E-state index in [-0.39, 0.29) is 18.5 Å². The van der Waals surface area contributed by atoms with Gasteiger partial charge in [-0.05, 0) is 77.1 Å². The van der Waals surface area contributed by atoms with Crippen LogP contribution in [0.1, 0.15) is 70.9 Å². The fourth-order valence-electron chi connectivity index (χ4n) is 5.49. The Morgan fingerprint density at radius 1 is 1.10 bits per heavy atom. The van der Waals surface area contributed by atoms with Crippen molar-refractivity contribution in [3.8, 4) is 0 Å². The zero-order chi connectivity index (χ0) is 36.0. The van der Waals surface area contributed by atoms with Crippen LogP contribution in [-0.2, 0) is 27.2 Å². The zero-order valence-electron chi connectivity index (χ0n) is 28.6. The molecule has 2 aliphatic rings. The first kappa shape index (κ1) is 38.6. The lowest BCUT2D eigenvalue weighted by molar-refractivity contribution is -0.227. The Bertz CT molecular complexity index is 1470. The number of amides is 2. The van der Waals surface area contributed by atoms with Crippen LogP contribution in [0.5, 0.6) is 0 Å². The molecule has 9 nitrogen and oxygen atoms in total. The average Bonchev–Trinajstić information content (AvgIpc) is 3.60. The molecule has 0 bridgehead atoms. The van der Waals surface area contributed by atoms with Crippen LogP contribution >= 0.6 is 0 Å². The standard InChI is InChI=1S/C31H47F6N5O4SSi/c1-18(46-19(2)30(32,33)34)25(40-47(44)29(3,4)5)27-38-22-15-21(11-12-23(22)42(27)17-45-13-14-48(6,7)8)26(20-9-10-20)41-16-24(31(35,36)37)39-28(41)43/h11-12,15,18-20,24-26,40H,9-10,13-14,16-17H2,1-8H3,(H,39,43)/t18-,19-,24+,25+,26-,47-/m1/s1. The average molecular weight is 728 g/mol. The molecule has 0 spiro atoms. The van der Waals surface area contributed by atoms with Crippen LogP contribution in [-0.4, -0.2) is 81.3 Å². The SMILES string of the molecule is C[C@@H](O[C@H](C)C(F)(F)F)[C@H](N[S@](=O)C(C)(C)C)c1nc2cc([C@@H](C3CC3)N3C[C@@H](C(F)(F)F)NC3=O)ccc2n1COCC[Si](C)(C)C. The summed E-state index contributed by atoms with van der Waals surface area (Å²) in [5.41, 5.74) is 1.55. The van der Waals surface area contributed by atoms with Crippen molar-refractivity contribution in [3.05, 3.63) is 29.6 Å². The summed E-state index contributed by atoms with van der Waals surface area (Å²) < 4.78 is 110. The Kier molecular flexibility index (Phi) is 11.4. The molecule has 2 heterocycles. The molecule has 1 aliphatic heterocycles. The van der Waals surface area contributed by atoms with Crippen molar-refractivity contribution in [1.29, 1.82) is 0 Å². The maximum Gasteiger partial charge on any atom is 0.414 e. The number of alkyl halides is 6. The molecule has 1 aromatic carbocycles. The summed E-state index contributed by atoms with van der Waals surface area (Å²) in [5.74, 6) is 0.196. The molecule has 1 aromatic heterocycles. The third-order valence-electron chi connectivity index (χ3n) is 8.51. The zero-order valence-corrected chi connectivity index (χ0v) is 30.4. The number of ether oxygens (including phenoxy) is 2. The highest BCUT2D eigenvalue weighted by molar-refractivity contribution is 7.84. The number of carbonyl (C=O) groups excluding carboxylic acids is 1. The van der Waals surface area contributed by atoms with Gasteiger partial charge in [0.15, 0.2) is 6.10 Å². The number of urea groups is 1. The van der Waals surface area contributed by atoms with Gasteiger partial charge >= 0.3 is 18.4 Å². The van der Waals surface area contributed by atoms with Gasteiger partial charge in [-0.1, -0.05) is 25.7 Å². The second-order valence-corrected chi connectivity index (χ2v) is 22.6. The lowest BCUT2D eigenvalue weighted by Gasteiger charge is -2.30. The Morgan fingerprint density at radius 2 is 1.75 bits per heavy atom. The maximum atomic E-state index is 13.6. The molecule has 1 saturated heterocycles. The molecular formula is C31H47F6N5O4SSi. The van der Waals surface area contributed by atoms with E-state index in [1.165, 1.54) is 11.8 Å². The topological polar surface area (TPSA) is 97.7 Å². The summed E-state index contributed by atoms with van der Waals surface area (Å²) in [7, 11) is -3.21. The normalized spacial score (nSPS) is 21.3. The summed E-state index contributed by atoms with van der Waals surface area (Å²) in [6, 6.07) is 1.55. The summed E-state index contributed by atoms with van der Waals surface area (Å²) in [6.45, 7) is 14.0. The highest BCUT2D eigenvalue weighted by Crippen LogP contribution is 2.46. The van der Waals surface area contributed by atoms with E-state index in [0.29, 0.717) is 23.2 Å². The summed E-state index contributed by atoms with van der Waals surface area (Å²) >= 11 is 0. The van der Waals surface area contributed by atoms with Crippen LogP contribution in [0.2, 0.25) is 25.7 Å². The van der Waals surface area contributed by atoms with Crippen molar-refractivity contribution in [2.24, 2.45) is 5.92 Å². The first-order valence-corrected chi connectivity index (χ1v) is 20.9. The molecule has 2 fully saturated rings. The van der Waals surface area contributed by atoms with Gasteiger partial charge in [-0.25, -0.2) is 18.7 Å². The van der Waals surface area contributed by atoms with Crippen molar-refractivity contribution in [2.45, 2.75) is 127 Å². The molecule has 17 heteroatoms. The molecule has 0 radical (unpaired) electrons. The Hall–Kier alpha value is -2.21. The number of imidazole rings is 1. The van der Waals surface area contributed by atoms with Gasteiger partial charge in [-0.2, -0.15) is 26.3 Å². The number of nitrogens with one attached hydrogen (secondary N) is 2. The predicted octanol–water partition coefficient (Wildman–Crippen LogP) is 7.20. The number of hydrogen-bond acceptors (Lipinski definition) is 5. The van der Waals surface area contributed by atoms with Gasteiger partial charge in [0.25, 0.3) is 0 Å². The van der Waals surface area contributed by atoms with Crippen molar-refractivity contribution in [1.82, 2.24) is 24.5 Å². The molecule has 2 amide bonds. The second-order valence-electron chi connectivity index (χ2n) is 15.0. The van der Waals surface area contributed by atoms with Crippen LogP contribution in [0.15, 0.2) is 18.2 Å². The fraction of sp³-hybridized carbons (Fsp3) is 0.742. The van der Waals surface area contributed by atoms with Crippen molar-refractivity contribution < 1.29 is 44.8 Å². The van der Waals surface area contributed by atoms with Crippen molar-refractivity contribution >= 4 is 36.1 Å². The summed E-state index contributed by atoms with van der Waals surface area (Å²) in [6.07, 6.45) is -11.0. The second kappa shape index (κ2) is 14.2. The van der Waals surface area contributed by atoms with Crippen molar-refractivity contribution in [2.75, 3.05) is 13.2 Å². The lowest BCUT2D eigenvalue weighted by Crippen LogP contribution is -2.43. The Morgan fingerprint density at radius 3 is 2.27 bits per heavy atom. The van der Waals surface area contributed by atoms with E-state index in [1.54, 1.807) is 43.5 Å². The molecule has 1 saturated carbocycles. The van der Waals surface area contributed by atoms with Gasteiger partial charge in [0.1, 0.15) is 24.6 Å². The summed E-state index contributed by atoms with van der Waals surface area (Å²) in [5, 5.41) is 2.05. The first-order valence-electron chi connectivity index (χ1n) is 16.1. The van der Waals surface area contributed by atoms with E-state index in [1.807, 2.05) is 5.32 Å². The molecule has 48 heavy (non-hydrogen) atoms. The molecule has 6 atom stereocenters. The Labute approximate surface area is 281 Å². The number of rotatable bonds is 14. The number of aromatic nitrogens is 2. The van der Waals surface area contributed by atoms with Gasteiger partial charge in [0, 0.05) is 14.7 Å². The van der Waals surface area contributed by atoms with Gasteiger partial charge in [-0.15, -0.1) is 0 Å². The summed E-state index contributed by atoms with van der Waals surface area (Å²) in [4.78, 5) is 18.8. The van der Waals surface area contributed by atoms with Gasteiger partial charge in [-0.3, -0.25) is 0 Å².